The maximum absolute atomic E-state index is 11.7. The summed E-state index contributed by atoms with van der Waals surface area (Å²) in [6.45, 7) is 3.75. The molecule has 0 spiro atoms. The number of furan rings is 1. The summed E-state index contributed by atoms with van der Waals surface area (Å²) in [6, 6.07) is 9.53. The number of hydrogen-bond donors (Lipinski definition) is 1. The summed E-state index contributed by atoms with van der Waals surface area (Å²) in [6.07, 6.45) is 4.32. The van der Waals surface area contributed by atoms with Crippen molar-refractivity contribution in [1.29, 1.82) is 0 Å². The summed E-state index contributed by atoms with van der Waals surface area (Å²) in [7, 11) is -3.35. The first-order chi connectivity index (χ1) is 11.8. The number of hydrogen-bond acceptors (Lipinski definition) is 6. The number of rotatable bonds is 5. The van der Waals surface area contributed by atoms with Gasteiger partial charge in [-0.1, -0.05) is 30.5 Å². The summed E-state index contributed by atoms with van der Waals surface area (Å²) in [4.78, 5) is 12.4. The van der Waals surface area contributed by atoms with Gasteiger partial charge in [-0.05, 0) is 29.2 Å². The van der Waals surface area contributed by atoms with Gasteiger partial charge in [-0.25, -0.2) is 13.2 Å². The van der Waals surface area contributed by atoms with Crippen molar-refractivity contribution >= 4 is 33.5 Å². The van der Waals surface area contributed by atoms with Crippen molar-refractivity contribution < 1.29 is 22.7 Å². The average molecular weight is 377 g/mol. The number of sulfone groups is 1. The summed E-state index contributed by atoms with van der Waals surface area (Å²) < 4.78 is 28.8. The van der Waals surface area contributed by atoms with E-state index in [9.17, 15) is 18.3 Å². The number of aliphatic carboxylic acids is 1. The molecule has 1 aliphatic rings. The van der Waals surface area contributed by atoms with Gasteiger partial charge >= 0.3 is 5.97 Å². The first kappa shape index (κ1) is 17.4. The molecule has 0 radical (unpaired) electrons. The van der Waals surface area contributed by atoms with Gasteiger partial charge in [0.1, 0.15) is 0 Å². The molecule has 2 aromatic rings. The van der Waals surface area contributed by atoms with Gasteiger partial charge in [0.2, 0.25) is 5.88 Å². The van der Waals surface area contributed by atoms with Crippen LogP contribution < -0.4 is 4.90 Å². The lowest BCUT2D eigenvalue weighted by molar-refractivity contribution is -0.133. The van der Waals surface area contributed by atoms with E-state index in [0.717, 1.165) is 6.26 Å². The normalized spacial score (nSPS) is 20.0. The number of anilines is 1. The van der Waals surface area contributed by atoms with Gasteiger partial charge in [0, 0.05) is 18.5 Å². The van der Waals surface area contributed by atoms with E-state index in [1.54, 1.807) is 40.8 Å². The van der Waals surface area contributed by atoms with Crippen LogP contribution in [0.3, 0.4) is 0 Å². The third-order valence-corrected chi connectivity index (χ3v) is 6.28. The molecule has 1 atom stereocenters. The lowest BCUT2D eigenvalue weighted by Gasteiger charge is -2.37. The molecule has 0 saturated heterocycles. The maximum Gasteiger partial charge on any atom is 0.334 e. The number of carboxylic acid groups (broad SMARTS) is 1. The number of carbonyl (C=O) groups is 1. The second kappa shape index (κ2) is 6.12. The van der Waals surface area contributed by atoms with Crippen molar-refractivity contribution in [3.05, 3.63) is 72.0 Å². The van der Waals surface area contributed by atoms with Crippen molar-refractivity contribution in [2.75, 3.05) is 11.2 Å². The Hall–Kier alpha value is -2.45. The molecule has 1 aromatic carbocycles. The van der Waals surface area contributed by atoms with Crippen LogP contribution >= 0.6 is 11.8 Å². The van der Waals surface area contributed by atoms with E-state index < -0.39 is 20.7 Å². The van der Waals surface area contributed by atoms with E-state index in [1.807, 2.05) is 0 Å². The molecule has 1 unspecified atom stereocenters. The number of benzene rings is 1. The molecule has 1 aromatic heterocycles. The summed E-state index contributed by atoms with van der Waals surface area (Å²) in [5, 5.41) is 11.3. The van der Waals surface area contributed by atoms with Crippen molar-refractivity contribution in [3.63, 3.8) is 0 Å². The molecular weight excluding hydrogens is 362 g/mol. The Morgan fingerprint density at radius 3 is 2.48 bits per heavy atom. The van der Waals surface area contributed by atoms with Crippen molar-refractivity contribution in [2.24, 2.45) is 0 Å². The van der Waals surface area contributed by atoms with E-state index in [-0.39, 0.29) is 10.5 Å². The highest BCUT2D eigenvalue weighted by Gasteiger charge is 2.47. The summed E-state index contributed by atoms with van der Waals surface area (Å²) in [5.74, 6) is -0.698. The molecule has 8 heteroatoms. The molecule has 2 heterocycles. The smallest absolute Gasteiger partial charge is 0.334 e. The average Bonchev–Trinajstić information content (AvgIpc) is 3.23. The zero-order chi connectivity index (χ0) is 18.2. The molecule has 0 aliphatic carbocycles. The fraction of sp³-hybridized carbons (Fsp3) is 0.118. The fourth-order valence-corrected chi connectivity index (χ4v) is 4.43. The van der Waals surface area contributed by atoms with Crippen LogP contribution in [0.5, 0.6) is 0 Å². The molecule has 0 fully saturated rings. The van der Waals surface area contributed by atoms with Crippen LogP contribution in [0.4, 0.5) is 5.88 Å². The van der Waals surface area contributed by atoms with Crippen molar-refractivity contribution in [1.82, 2.24) is 0 Å². The quantitative estimate of drug-likeness (QED) is 0.801. The van der Waals surface area contributed by atoms with E-state index in [1.165, 1.54) is 30.2 Å². The van der Waals surface area contributed by atoms with E-state index in [4.69, 9.17) is 4.42 Å². The third kappa shape index (κ3) is 2.87. The lowest BCUT2D eigenvalue weighted by Crippen LogP contribution is -2.41. The molecular formula is C17H15NO5S2. The predicted molar refractivity (Wildman–Crippen MR) is 95.9 cm³/mol. The molecule has 3 rings (SSSR count). The van der Waals surface area contributed by atoms with Crippen LogP contribution in [-0.4, -0.2) is 25.7 Å². The first-order valence-corrected chi connectivity index (χ1v) is 9.94. The Kier molecular flexibility index (Phi) is 4.26. The molecule has 25 heavy (non-hydrogen) atoms. The van der Waals surface area contributed by atoms with Crippen molar-refractivity contribution in [2.45, 2.75) is 9.77 Å². The molecule has 6 nitrogen and oxygen atoms in total. The molecule has 1 aliphatic heterocycles. The maximum atomic E-state index is 11.7. The Morgan fingerprint density at radius 1 is 1.28 bits per heavy atom. The SMILES string of the molecule is C=C(C(=O)O)C1(c2ccc(S(C)(=O)=O)cc2)SC=CN1c1ccco1. The van der Waals surface area contributed by atoms with E-state index >= 15 is 0 Å². The minimum Gasteiger partial charge on any atom is -0.478 e. The van der Waals surface area contributed by atoms with Gasteiger partial charge in [-0.2, -0.15) is 0 Å². The van der Waals surface area contributed by atoms with Crippen molar-refractivity contribution in [3.8, 4) is 0 Å². The highest BCUT2D eigenvalue weighted by Crippen LogP contribution is 2.52. The standard InChI is InChI=1S/C17H15NO5S2/c1-12(16(19)20)17(13-5-7-14(8-6-13)25(2,21)22)18(9-11-24-17)15-4-3-10-23-15/h3-11H,1H2,2H3,(H,19,20). The first-order valence-electron chi connectivity index (χ1n) is 7.17. The van der Waals surface area contributed by atoms with Crippen LogP contribution in [0.15, 0.2) is 75.7 Å². The molecule has 0 bridgehead atoms. The van der Waals surface area contributed by atoms with E-state index in [2.05, 4.69) is 6.58 Å². The zero-order valence-electron chi connectivity index (χ0n) is 13.2. The number of thioether (sulfide) groups is 1. The molecule has 0 amide bonds. The zero-order valence-corrected chi connectivity index (χ0v) is 14.9. The summed E-state index contributed by atoms with van der Waals surface area (Å²) in [5.41, 5.74) is 0.518. The van der Waals surface area contributed by atoms with Crippen LogP contribution in [0.1, 0.15) is 5.56 Å². The molecule has 1 N–H and O–H groups in total. The Balaban J connectivity index is 2.16. The molecule has 0 saturated carbocycles. The Labute approximate surface area is 149 Å². The minimum absolute atomic E-state index is 0.0639. The van der Waals surface area contributed by atoms with E-state index in [0.29, 0.717) is 11.4 Å². The highest BCUT2D eigenvalue weighted by atomic mass is 32.2. The number of nitrogens with zero attached hydrogens (tertiary/aromatic N) is 1. The van der Waals surface area contributed by atoms with Crippen LogP contribution in [0.25, 0.3) is 0 Å². The monoisotopic (exact) mass is 377 g/mol. The molecule has 130 valence electrons. The van der Waals surface area contributed by atoms with Gasteiger partial charge in [-0.15, -0.1) is 0 Å². The topological polar surface area (TPSA) is 87.8 Å². The Bertz CT molecular complexity index is 945. The van der Waals surface area contributed by atoms with Gasteiger partial charge in [0.25, 0.3) is 0 Å². The lowest BCUT2D eigenvalue weighted by atomic mass is 9.97. The van der Waals surface area contributed by atoms with Crippen LogP contribution in [0.2, 0.25) is 0 Å². The Morgan fingerprint density at radius 2 is 1.96 bits per heavy atom. The predicted octanol–water partition coefficient (Wildman–Crippen LogP) is 3.20. The fourth-order valence-electron chi connectivity index (χ4n) is 2.66. The largest absolute Gasteiger partial charge is 0.478 e. The van der Waals surface area contributed by atoms with Crippen LogP contribution in [-0.2, 0) is 19.5 Å². The second-order valence-corrected chi connectivity index (χ2v) is 8.56. The van der Waals surface area contributed by atoms with Gasteiger partial charge in [-0.3, -0.25) is 4.90 Å². The van der Waals surface area contributed by atoms with Crippen LogP contribution in [0, 0.1) is 0 Å². The van der Waals surface area contributed by atoms with Gasteiger partial charge < -0.3 is 9.52 Å². The number of carboxylic acids is 1. The highest BCUT2D eigenvalue weighted by molar-refractivity contribution is 8.03. The minimum atomic E-state index is -3.35. The van der Waals surface area contributed by atoms with Gasteiger partial charge in [0.15, 0.2) is 14.7 Å². The second-order valence-electron chi connectivity index (χ2n) is 5.45. The third-order valence-electron chi connectivity index (χ3n) is 3.87. The summed E-state index contributed by atoms with van der Waals surface area (Å²) >= 11 is 1.25. The van der Waals surface area contributed by atoms with Gasteiger partial charge in [0.05, 0.1) is 16.7 Å².